The van der Waals surface area contributed by atoms with Crippen molar-refractivity contribution in [1.82, 2.24) is 0 Å². The van der Waals surface area contributed by atoms with Gasteiger partial charge in [0.05, 0.1) is 0 Å². The van der Waals surface area contributed by atoms with E-state index in [2.05, 4.69) is 4.42 Å². The molecule has 0 unspecified atom stereocenters. The molecule has 6 heteroatoms. The van der Waals surface area contributed by atoms with Crippen molar-refractivity contribution < 1.29 is 22.7 Å². The molecule has 90 valence electrons. The number of phenols is 1. The molecule has 0 atom stereocenters. The quantitative estimate of drug-likeness (QED) is 0.725. The minimum atomic E-state index is -4.75. The molecule has 17 heavy (non-hydrogen) atoms. The number of benzene rings is 1. The maximum Gasteiger partial charge on any atom is 0.423 e. The number of hydrogen-bond acceptors (Lipinski definition) is 3. The monoisotopic (exact) mass is 244 g/mol. The topological polar surface area (TPSA) is 50.4 Å². The van der Waals surface area contributed by atoms with Gasteiger partial charge in [0.15, 0.2) is 0 Å². The molecule has 0 saturated carbocycles. The van der Waals surface area contributed by atoms with E-state index in [-0.39, 0.29) is 22.3 Å². The van der Waals surface area contributed by atoms with E-state index in [0.717, 1.165) is 0 Å². The maximum atomic E-state index is 12.4. The van der Waals surface area contributed by atoms with Crippen LogP contribution in [-0.2, 0) is 6.18 Å². The first-order valence-corrected chi connectivity index (χ1v) is 4.64. The SMILES string of the molecule is Cc1c(O)ccc2cc(C(F)(F)F)c(=O)oc12. The van der Waals surface area contributed by atoms with Crippen LogP contribution in [0.15, 0.2) is 27.4 Å². The molecule has 1 aromatic heterocycles. The number of halogens is 3. The summed E-state index contributed by atoms with van der Waals surface area (Å²) in [6, 6.07) is 3.22. The van der Waals surface area contributed by atoms with Crippen molar-refractivity contribution in [1.29, 1.82) is 0 Å². The minimum absolute atomic E-state index is 0.0389. The highest BCUT2D eigenvalue weighted by Gasteiger charge is 2.35. The Morgan fingerprint density at radius 2 is 1.94 bits per heavy atom. The first-order chi connectivity index (χ1) is 7.80. The van der Waals surface area contributed by atoms with Gasteiger partial charge < -0.3 is 9.52 Å². The molecule has 3 nitrogen and oxygen atoms in total. The summed E-state index contributed by atoms with van der Waals surface area (Å²) in [4.78, 5) is 11.2. The lowest BCUT2D eigenvalue weighted by Crippen LogP contribution is -2.18. The Labute approximate surface area is 93.1 Å². The molecule has 0 aliphatic heterocycles. The van der Waals surface area contributed by atoms with Crippen LogP contribution in [0.1, 0.15) is 11.1 Å². The summed E-state index contributed by atoms with van der Waals surface area (Å²) in [6.07, 6.45) is -4.75. The normalized spacial score (nSPS) is 12.0. The minimum Gasteiger partial charge on any atom is -0.508 e. The third-order valence-corrected chi connectivity index (χ3v) is 2.43. The largest absolute Gasteiger partial charge is 0.508 e. The highest BCUT2D eigenvalue weighted by atomic mass is 19.4. The number of alkyl halides is 3. The van der Waals surface area contributed by atoms with Gasteiger partial charge in [0.25, 0.3) is 0 Å². The van der Waals surface area contributed by atoms with Crippen molar-refractivity contribution in [2.24, 2.45) is 0 Å². The molecular formula is C11H7F3O3. The molecular weight excluding hydrogens is 237 g/mol. The molecule has 0 bridgehead atoms. The summed E-state index contributed by atoms with van der Waals surface area (Å²) < 4.78 is 41.9. The van der Waals surface area contributed by atoms with E-state index < -0.39 is 17.4 Å². The average Bonchev–Trinajstić information content (AvgIpc) is 2.22. The molecule has 0 amide bonds. The summed E-state index contributed by atoms with van der Waals surface area (Å²) in [5.41, 5.74) is -2.62. The maximum absolute atomic E-state index is 12.4. The number of aryl methyl sites for hydroxylation is 1. The van der Waals surface area contributed by atoms with E-state index >= 15 is 0 Å². The number of phenolic OH excluding ortho intramolecular Hbond substituents is 1. The molecule has 0 aliphatic rings. The number of fused-ring (bicyclic) bond motifs is 1. The second kappa shape index (κ2) is 3.51. The van der Waals surface area contributed by atoms with Gasteiger partial charge in [-0.1, -0.05) is 0 Å². The number of hydrogen-bond donors (Lipinski definition) is 1. The van der Waals surface area contributed by atoms with Gasteiger partial charge in [-0.3, -0.25) is 0 Å². The van der Waals surface area contributed by atoms with Gasteiger partial charge in [-0.2, -0.15) is 13.2 Å². The fourth-order valence-corrected chi connectivity index (χ4v) is 1.51. The lowest BCUT2D eigenvalue weighted by Gasteiger charge is -2.07. The van der Waals surface area contributed by atoms with E-state index in [0.29, 0.717) is 6.07 Å². The Morgan fingerprint density at radius 1 is 1.29 bits per heavy atom. The van der Waals surface area contributed by atoms with Crippen molar-refractivity contribution in [3.63, 3.8) is 0 Å². The van der Waals surface area contributed by atoms with Crippen LogP contribution in [-0.4, -0.2) is 5.11 Å². The third-order valence-electron chi connectivity index (χ3n) is 2.43. The summed E-state index contributed by atoms with van der Waals surface area (Å²) in [7, 11) is 0. The lowest BCUT2D eigenvalue weighted by atomic mass is 10.1. The van der Waals surface area contributed by atoms with Crippen LogP contribution in [0.4, 0.5) is 13.2 Å². The van der Waals surface area contributed by atoms with Crippen LogP contribution in [0.25, 0.3) is 11.0 Å². The highest BCUT2D eigenvalue weighted by molar-refractivity contribution is 5.82. The molecule has 2 aromatic rings. The zero-order valence-corrected chi connectivity index (χ0v) is 8.63. The van der Waals surface area contributed by atoms with Crippen molar-refractivity contribution in [3.8, 4) is 5.75 Å². The molecule has 0 radical (unpaired) electrons. The Hall–Kier alpha value is -1.98. The standard InChI is InChI=1S/C11H7F3O3/c1-5-8(15)3-2-6-4-7(11(12,13)14)10(16)17-9(5)6/h2-4,15H,1H3. The first kappa shape index (κ1) is 11.5. The van der Waals surface area contributed by atoms with E-state index in [4.69, 9.17) is 0 Å². The smallest absolute Gasteiger partial charge is 0.423 e. The van der Waals surface area contributed by atoms with Crippen LogP contribution in [0.2, 0.25) is 0 Å². The first-order valence-electron chi connectivity index (χ1n) is 4.64. The molecule has 0 fully saturated rings. The summed E-state index contributed by atoms with van der Waals surface area (Å²) in [5, 5.41) is 9.47. The molecule has 0 spiro atoms. The van der Waals surface area contributed by atoms with Crippen LogP contribution in [0.5, 0.6) is 5.75 Å². The number of aromatic hydroxyl groups is 1. The Morgan fingerprint density at radius 3 is 2.53 bits per heavy atom. The van der Waals surface area contributed by atoms with Crippen LogP contribution in [0, 0.1) is 6.92 Å². The molecule has 1 heterocycles. The van der Waals surface area contributed by atoms with E-state index in [1.165, 1.54) is 19.1 Å². The van der Waals surface area contributed by atoms with Gasteiger partial charge in [-0.15, -0.1) is 0 Å². The summed E-state index contributed by atoms with van der Waals surface area (Å²) >= 11 is 0. The zero-order chi connectivity index (χ0) is 12.8. The van der Waals surface area contributed by atoms with E-state index in [9.17, 15) is 23.1 Å². The predicted octanol–water partition coefficient (Wildman–Crippen LogP) is 2.83. The van der Waals surface area contributed by atoms with Gasteiger partial charge in [0.2, 0.25) is 0 Å². The molecule has 2 rings (SSSR count). The van der Waals surface area contributed by atoms with Crippen molar-refractivity contribution in [2.75, 3.05) is 0 Å². The van der Waals surface area contributed by atoms with Gasteiger partial charge in [0.1, 0.15) is 16.9 Å². The highest BCUT2D eigenvalue weighted by Crippen LogP contribution is 2.31. The fourth-order valence-electron chi connectivity index (χ4n) is 1.51. The second-order valence-corrected chi connectivity index (χ2v) is 3.57. The van der Waals surface area contributed by atoms with E-state index in [1.54, 1.807) is 0 Å². The summed E-state index contributed by atoms with van der Waals surface area (Å²) in [6.45, 7) is 1.45. The second-order valence-electron chi connectivity index (χ2n) is 3.57. The average molecular weight is 244 g/mol. The van der Waals surface area contributed by atoms with Crippen molar-refractivity contribution >= 4 is 11.0 Å². The summed E-state index contributed by atoms with van der Waals surface area (Å²) in [5.74, 6) is -0.139. The van der Waals surface area contributed by atoms with Gasteiger partial charge in [-0.05, 0) is 25.1 Å². The van der Waals surface area contributed by atoms with Gasteiger partial charge in [0, 0.05) is 10.9 Å². The van der Waals surface area contributed by atoms with Crippen LogP contribution < -0.4 is 5.63 Å². The molecule has 0 aliphatic carbocycles. The molecule has 1 aromatic carbocycles. The Kier molecular flexibility index (Phi) is 2.38. The van der Waals surface area contributed by atoms with Crippen molar-refractivity contribution in [2.45, 2.75) is 13.1 Å². The molecule has 0 saturated heterocycles. The van der Waals surface area contributed by atoms with E-state index in [1.807, 2.05) is 0 Å². The lowest BCUT2D eigenvalue weighted by molar-refractivity contribution is -0.139. The fraction of sp³-hybridized carbons (Fsp3) is 0.182. The zero-order valence-electron chi connectivity index (χ0n) is 8.63. The van der Waals surface area contributed by atoms with Crippen LogP contribution >= 0.6 is 0 Å². The Bertz CT molecular complexity index is 641. The third kappa shape index (κ3) is 1.86. The molecule has 1 N–H and O–H groups in total. The van der Waals surface area contributed by atoms with Crippen LogP contribution in [0.3, 0.4) is 0 Å². The van der Waals surface area contributed by atoms with Crippen molar-refractivity contribution in [3.05, 3.63) is 39.7 Å². The van der Waals surface area contributed by atoms with Gasteiger partial charge in [-0.25, -0.2) is 4.79 Å². The predicted molar refractivity (Wildman–Crippen MR) is 53.9 cm³/mol. The Balaban J connectivity index is 2.85. The number of rotatable bonds is 0. The van der Waals surface area contributed by atoms with Gasteiger partial charge >= 0.3 is 11.8 Å².